The first-order valence-electron chi connectivity index (χ1n) is 22.0. The van der Waals surface area contributed by atoms with Gasteiger partial charge in [0, 0.05) is 6.42 Å². The quantitative estimate of drug-likeness (QED) is 0.0858. The molecule has 2 rings (SSSR count). The summed E-state index contributed by atoms with van der Waals surface area (Å²) in [6.45, 7) is 39.9. The average molecular weight is 910 g/mol. The zero-order valence-corrected chi connectivity index (χ0v) is 44.6. The number of hydrogen-bond acceptors (Lipinski definition) is 9. The predicted molar refractivity (Wildman–Crippen MR) is 254 cm³/mol. The number of benzene rings is 2. The van der Waals surface area contributed by atoms with Crippen LogP contribution in [-0.4, -0.2) is 53.8 Å². The number of hydrogen-bond donors (Lipinski definition) is 1. The fourth-order valence-corrected chi connectivity index (χ4v) is 14.7. The zero-order valence-electron chi connectivity index (χ0n) is 40.8. The molecule has 342 valence electrons. The Labute approximate surface area is 368 Å². The Balaban J connectivity index is 2.87. The molecule has 0 aliphatic carbocycles. The third-order valence-corrected chi connectivity index (χ3v) is 17.5. The normalized spacial score (nSPS) is 14.3. The Morgan fingerprint density at radius 2 is 1.08 bits per heavy atom. The van der Waals surface area contributed by atoms with Crippen molar-refractivity contribution in [1.82, 2.24) is 0 Å². The second kappa shape index (κ2) is 22.7. The van der Waals surface area contributed by atoms with Crippen LogP contribution in [0.1, 0.15) is 171 Å². The molecule has 1 N–H and O–H groups in total. The first-order chi connectivity index (χ1) is 27.5. The topological polar surface area (TPSA) is 119 Å². The van der Waals surface area contributed by atoms with E-state index in [0.717, 1.165) is 29.7 Å². The molecule has 2 unspecified atom stereocenters. The van der Waals surface area contributed by atoms with Crippen LogP contribution in [0.3, 0.4) is 0 Å². The lowest BCUT2D eigenvalue weighted by Crippen LogP contribution is -2.26. The SMILES string of the molecule is CCC(c1ccc(C(C)(C)C)cc1O[Si](C)C)C(CC)c1ccc(C(C)(C)C)c(NC(=O)CCC(P(=O)(OC(C)C)OC(C)C)P(=O)(OC(C)C)OC(C)C)c1O[Si](C)C. The van der Waals surface area contributed by atoms with Crippen molar-refractivity contribution >= 4 is 44.9 Å². The monoisotopic (exact) mass is 909 g/mol. The Bertz CT molecular complexity index is 1720. The molecule has 0 saturated heterocycles. The summed E-state index contributed by atoms with van der Waals surface area (Å²) in [6.07, 6.45) is -0.732. The second-order valence-corrected chi connectivity index (χ2v) is 28.2. The zero-order chi connectivity index (χ0) is 46.1. The highest BCUT2D eigenvalue weighted by Gasteiger charge is 2.53. The molecule has 0 fully saturated rings. The van der Waals surface area contributed by atoms with Gasteiger partial charge in [-0.1, -0.05) is 79.7 Å². The van der Waals surface area contributed by atoms with Crippen LogP contribution in [0.25, 0.3) is 0 Å². The fourth-order valence-electron chi connectivity index (χ4n) is 7.47. The second-order valence-electron chi connectivity index (χ2n) is 19.5. The van der Waals surface area contributed by atoms with E-state index in [1.165, 1.54) is 11.1 Å². The summed E-state index contributed by atoms with van der Waals surface area (Å²) in [4.78, 5) is 14.5. The average Bonchev–Trinajstić information content (AvgIpc) is 3.05. The molecule has 2 atom stereocenters. The highest BCUT2D eigenvalue weighted by Crippen LogP contribution is 2.73. The molecule has 2 aromatic carbocycles. The highest BCUT2D eigenvalue weighted by molar-refractivity contribution is 7.72. The molecule has 14 heteroatoms. The van der Waals surface area contributed by atoms with Crippen LogP contribution < -0.4 is 14.2 Å². The van der Waals surface area contributed by atoms with Gasteiger partial charge in [0.05, 0.1) is 30.1 Å². The molecule has 1 amide bonds. The minimum absolute atomic E-state index is 0.0336. The van der Waals surface area contributed by atoms with E-state index in [0.29, 0.717) is 11.4 Å². The van der Waals surface area contributed by atoms with Gasteiger partial charge < -0.3 is 32.3 Å². The Morgan fingerprint density at radius 1 is 0.650 bits per heavy atom. The third kappa shape index (κ3) is 15.5. The summed E-state index contributed by atoms with van der Waals surface area (Å²) >= 11 is 0. The number of rotatable bonds is 23. The van der Waals surface area contributed by atoms with E-state index in [4.69, 9.17) is 26.9 Å². The number of carbonyl (C=O) groups excluding carboxylic acids is 1. The highest BCUT2D eigenvalue weighted by atomic mass is 31.2. The number of anilines is 1. The summed E-state index contributed by atoms with van der Waals surface area (Å²) in [5.41, 5.74) is 4.58. The van der Waals surface area contributed by atoms with Crippen molar-refractivity contribution < 1.29 is 40.9 Å². The molecule has 0 aliphatic rings. The Hall–Kier alpha value is -1.76. The van der Waals surface area contributed by atoms with Gasteiger partial charge in [0.1, 0.15) is 11.5 Å². The van der Waals surface area contributed by atoms with Crippen LogP contribution in [-0.2, 0) is 42.8 Å². The lowest BCUT2D eigenvalue weighted by atomic mass is 9.75. The summed E-state index contributed by atoms with van der Waals surface area (Å²) in [5.74, 6) is 1.40. The van der Waals surface area contributed by atoms with Crippen molar-refractivity contribution in [2.75, 3.05) is 5.32 Å². The summed E-state index contributed by atoms with van der Waals surface area (Å²) in [7, 11) is -10.8. The van der Waals surface area contributed by atoms with Gasteiger partial charge in [-0.15, -0.1) is 0 Å². The van der Waals surface area contributed by atoms with Gasteiger partial charge in [-0.3, -0.25) is 13.9 Å². The molecule has 60 heavy (non-hydrogen) atoms. The molecule has 0 aromatic heterocycles. The van der Waals surface area contributed by atoms with Gasteiger partial charge in [-0.2, -0.15) is 0 Å². The maximum absolute atomic E-state index is 14.9. The van der Waals surface area contributed by atoms with Gasteiger partial charge in [0.15, 0.2) is 5.40 Å². The first-order valence-corrected chi connectivity index (χ1v) is 30.0. The number of carbonyl (C=O) groups is 1. The van der Waals surface area contributed by atoms with Crippen LogP contribution >= 0.6 is 15.2 Å². The van der Waals surface area contributed by atoms with Gasteiger partial charge in [-0.25, -0.2) is 0 Å². The number of amides is 1. The van der Waals surface area contributed by atoms with Crippen LogP contribution in [0, 0.1) is 0 Å². The molecule has 2 radical (unpaired) electrons. The maximum atomic E-state index is 14.9. The van der Waals surface area contributed by atoms with Crippen LogP contribution in [0.4, 0.5) is 5.69 Å². The standard InChI is InChI=1S/C46H81NO9P2Si2/c1-21-35(37-24-23-34(45(11,12)13)29-40(37)55-59(17)18)36(22-2)38-25-26-39(46(14,15)16)43(44(38)56-60(19)20)47-41(48)27-28-42(57(49,51-30(3)4)52-31(5)6)58(50,53-32(7)8)54-33(9)10/h23-26,29-33,35-36,42H,21-22,27-28H2,1-20H3,(H,47,48). The third-order valence-electron chi connectivity index (χ3n) is 9.72. The molecular weight excluding hydrogens is 829 g/mol. The minimum Gasteiger partial charge on any atom is -0.542 e. The molecule has 0 aliphatic heterocycles. The smallest absolute Gasteiger partial charge is 0.346 e. The van der Waals surface area contributed by atoms with E-state index in [2.05, 4.69) is 117 Å². The van der Waals surface area contributed by atoms with E-state index in [-0.39, 0.29) is 41.4 Å². The van der Waals surface area contributed by atoms with Gasteiger partial charge in [0.25, 0.3) is 18.1 Å². The van der Waals surface area contributed by atoms with Crippen molar-refractivity contribution in [2.45, 2.75) is 215 Å². The maximum Gasteiger partial charge on any atom is 0.346 e. The molecular formula is C46H81NO9P2Si2. The van der Waals surface area contributed by atoms with E-state index in [1.807, 2.05) is 0 Å². The molecule has 0 spiro atoms. The van der Waals surface area contributed by atoms with E-state index in [1.54, 1.807) is 55.4 Å². The van der Waals surface area contributed by atoms with E-state index < -0.39 is 63.1 Å². The van der Waals surface area contributed by atoms with E-state index in [9.17, 15) is 13.9 Å². The molecule has 2 aromatic rings. The molecule has 0 saturated carbocycles. The Kier molecular flexibility index (Phi) is 20.6. The summed E-state index contributed by atoms with van der Waals surface area (Å²) in [6, 6.07) is 11.0. The largest absolute Gasteiger partial charge is 0.542 e. The molecule has 0 bridgehead atoms. The van der Waals surface area contributed by atoms with Crippen LogP contribution in [0.2, 0.25) is 26.2 Å². The van der Waals surface area contributed by atoms with Gasteiger partial charge in [0.2, 0.25) is 5.91 Å². The van der Waals surface area contributed by atoms with Crippen LogP contribution in [0.5, 0.6) is 11.5 Å². The van der Waals surface area contributed by atoms with Crippen molar-refractivity contribution in [3.8, 4) is 11.5 Å². The van der Waals surface area contributed by atoms with Gasteiger partial charge in [-0.05, 0) is 152 Å². The predicted octanol–water partition coefficient (Wildman–Crippen LogP) is 14.4. The van der Waals surface area contributed by atoms with Crippen molar-refractivity contribution in [3.63, 3.8) is 0 Å². The summed E-state index contributed by atoms with van der Waals surface area (Å²) in [5, 5.41) is 1.92. The van der Waals surface area contributed by atoms with Gasteiger partial charge >= 0.3 is 15.2 Å². The van der Waals surface area contributed by atoms with Crippen molar-refractivity contribution in [3.05, 3.63) is 52.6 Å². The van der Waals surface area contributed by atoms with E-state index >= 15 is 0 Å². The first kappa shape index (κ1) is 54.4. The fraction of sp³-hybridized carbons (Fsp3) is 0.717. The lowest BCUT2D eigenvalue weighted by Gasteiger charge is -2.35. The van der Waals surface area contributed by atoms with Crippen molar-refractivity contribution in [1.29, 1.82) is 0 Å². The van der Waals surface area contributed by atoms with Crippen molar-refractivity contribution in [2.24, 2.45) is 0 Å². The number of nitrogens with one attached hydrogen (secondary N) is 1. The molecule has 10 nitrogen and oxygen atoms in total. The lowest BCUT2D eigenvalue weighted by molar-refractivity contribution is -0.116. The minimum atomic E-state index is -4.20. The van der Waals surface area contributed by atoms with Crippen LogP contribution in [0.15, 0.2) is 30.3 Å². The Morgan fingerprint density at radius 3 is 1.47 bits per heavy atom. The summed E-state index contributed by atoms with van der Waals surface area (Å²) < 4.78 is 67.3. The molecule has 0 heterocycles.